The van der Waals surface area contributed by atoms with Crippen LogP contribution in [0.2, 0.25) is 0 Å². The standard InChI is InChI=1S/C31H34N2O6S/c1-4-30(39-40(34,35)29-17-8-21(2)19-28(29)38-31-7-5-6-18-36-31)37-25-14-16-27-23(20-25)11-15-26(33-27)22-9-12-24(32-3)13-10-22/h8-17,19-20,30-32H,4-7,18H2,1-3H3. The van der Waals surface area contributed by atoms with Gasteiger partial charge >= 0.3 is 10.1 Å². The SMILES string of the molecule is CCC(Oc1ccc2nc(-c3ccc(NC)cc3)ccc2c1)OS(=O)(=O)c1ccc(C)cc1OC1CCCCO1. The van der Waals surface area contributed by atoms with E-state index in [0.717, 1.165) is 46.3 Å². The fourth-order valence-electron chi connectivity index (χ4n) is 4.52. The number of ether oxygens (including phenoxy) is 3. The topological polar surface area (TPSA) is 96.0 Å². The average molecular weight is 563 g/mol. The van der Waals surface area contributed by atoms with E-state index in [4.69, 9.17) is 23.4 Å². The number of hydrogen-bond acceptors (Lipinski definition) is 8. The molecule has 1 fully saturated rings. The number of nitrogens with one attached hydrogen (secondary N) is 1. The van der Waals surface area contributed by atoms with Crippen molar-refractivity contribution in [2.75, 3.05) is 19.0 Å². The zero-order chi connectivity index (χ0) is 28.1. The van der Waals surface area contributed by atoms with E-state index >= 15 is 0 Å². The van der Waals surface area contributed by atoms with Gasteiger partial charge in [0.25, 0.3) is 0 Å². The van der Waals surface area contributed by atoms with Crippen molar-refractivity contribution in [1.29, 1.82) is 0 Å². The molecule has 0 saturated carbocycles. The summed E-state index contributed by atoms with van der Waals surface area (Å²) in [5.74, 6) is 0.702. The number of aromatic nitrogens is 1. The van der Waals surface area contributed by atoms with Crippen LogP contribution in [0, 0.1) is 6.92 Å². The number of pyridine rings is 1. The summed E-state index contributed by atoms with van der Waals surface area (Å²) in [6.45, 7) is 4.27. The first-order chi connectivity index (χ1) is 19.3. The molecule has 1 aliphatic heterocycles. The highest BCUT2D eigenvalue weighted by Crippen LogP contribution is 2.31. The summed E-state index contributed by atoms with van der Waals surface area (Å²) >= 11 is 0. The zero-order valence-corrected chi connectivity index (χ0v) is 23.7. The first-order valence-electron chi connectivity index (χ1n) is 13.5. The summed E-state index contributed by atoms with van der Waals surface area (Å²) in [6.07, 6.45) is 1.44. The third kappa shape index (κ3) is 6.55. The minimum atomic E-state index is -4.20. The molecule has 1 aliphatic rings. The van der Waals surface area contributed by atoms with Gasteiger partial charge in [0.15, 0.2) is 6.29 Å². The van der Waals surface area contributed by atoms with E-state index in [0.29, 0.717) is 25.2 Å². The van der Waals surface area contributed by atoms with Gasteiger partial charge < -0.3 is 19.5 Å². The fourth-order valence-corrected chi connectivity index (χ4v) is 5.67. The summed E-state index contributed by atoms with van der Waals surface area (Å²) in [4.78, 5) is 4.73. The van der Waals surface area contributed by atoms with E-state index in [1.807, 2.05) is 62.5 Å². The zero-order valence-electron chi connectivity index (χ0n) is 22.9. The van der Waals surface area contributed by atoms with Gasteiger partial charge in [0.1, 0.15) is 16.4 Å². The van der Waals surface area contributed by atoms with Gasteiger partial charge in [0.2, 0.25) is 6.29 Å². The highest BCUT2D eigenvalue weighted by atomic mass is 32.2. The predicted octanol–water partition coefficient (Wildman–Crippen LogP) is 6.68. The second kappa shape index (κ2) is 12.2. The van der Waals surface area contributed by atoms with E-state index < -0.39 is 22.7 Å². The molecule has 0 bridgehead atoms. The van der Waals surface area contributed by atoms with Gasteiger partial charge in [-0.15, -0.1) is 0 Å². The Hall–Kier alpha value is -3.66. The largest absolute Gasteiger partial charge is 0.464 e. The summed E-state index contributed by atoms with van der Waals surface area (Å²) in [5, 5.41) is 3.98. The summed E-state index contributed by atoms with van der Waals surface area (Å²) in [5.41, 5.74) is 4.58. The van der Waals surface area contributed by atoms with Crippen molar-refractivity contribution in [2.45, 2.75) is 57.0 Å². The molecule has 40 heavy (non-hydrogen) atoms. The minimum absolute atomic E-state index is 0.0488. The molecule has 4 aromatic rings. The summed E-state index contributed by atoms with van der Waals surface area (Å²) < 4.78 is 49.9. The normalized spacial score (nSPS) is 16.4. The van der Waals surface area contributed by atoms with Gasteiger partial charge in [-0.2, -0.15) is 8.42 Å². The van der Waals surface area contributed by atoms with Crippen molar-refractivity contribution in [3.05, 3.63) is 78.4 Å². The molecule has 1 aromatic heterocycles. The maximum Gasteiger partial charge on any atom is 0.303 e. The Labute approximate surface area is 235 Å². The van der Waals surface area contributed by atoms with Crippen molar-refractivity contribution in [1.82, 2.24) is 4.98 Å². The Bertz CT molecular complexity index is 1570. The predicted molar refractivity (Wildman–Crippen MR) is 155 cm³/mol. The van der Waals surface area contributed by atoms with Gasteiger partial charge in [-0.25, -0.2) is 9.17 Å². The fraction of sp³-hybridized carbons (Fsp3) is 0.323. The minimum Gasteiger partial charge on any atom is -0.464 e. The molecule has 0 aliphatic carbocycles. The van der Waals surface area contributed by atoms with E-state index in [9.17, 15) is 8.42 Å². The molecule has 210 valence electrons. The third-order valence-electron chi connectivity index (χ3n) is 6.73. The molecule has 8 nitrogen and oxygen atoms in total. The summed E-state index contributed by atoms with van der Waals surface area (Å²) in [6, 6.07) is 22.3. The molecular formula is C31H34N2O6S. The molecule has 1 saturated heterocycles. The molecule has 9 heteroatoms. The molecule has 5 rings (SSSR count). The Morgan fingerprint density at radius 1 is 1.02 bits per heavy atom. The lowest BCUT2D eigenvalue weighted by molar-refractivity contribution is -0.107. The lowest BCUT2D eigenvalue weighted by Gasteiger charge is -2.25. The molecule has 0 spiro atoms. The van der Waals surface area contributed by atoms with Crippen molar-refractivity contribution in [2.24, 2.45) is 0 Å². The summed E-state index contributed by atoms with van der Waals surface area (Å²) in [7, 11) is -2.31. The number of nitrogens with zero attached hydrogens (tertiary/aromatic N) is 1. The Kier molecular flexibility index (Phi) is 8.54. The van der Waals surface area contributed by atoms with Gasteiger partial charge in [-0.05, 0) is 73.9 Å². The smallest absolute Gasteiger partial charge is 0.303 e. The average Bonchev–Trinajstić information content (AvgIpc) is 2.97. The third-order valence-corrected chi connectivity index (χ3v) is 8.07. The van der Waals surface area contributed by atoms with Crippen LogP contribution in [0.25, 0.3) is 22.2 Å². The van der Waals surface area contributed by atoms with Crippen LogP contribution in [-0.2, 0) is 19.0 Å². The molecular weight excluding hydrogens is 528 g/mol. The monoisotopic (exact) mass is 562 g/mol. The highest BCUT2D eigenvalue weighted by molar-refractivity contribution is 7.86. The van der Waals surface area contributed by atoms with Gasteiger partial charge in [0, 0.05) is 36.5 Å². The second-order valence-corrected chi connectivity index (χ2v) is 11.3. The second-order valence-electron chi connectivity index (χ2n) is 9.75. The molecule has 2 heterocycles. The molecule has 3 aromatic carbocycles. The van der Waals surface area contributed by atoms with E-state index in [1.54, 1.807) is 25.1 Å². The molecule has 0 amide bonds. The maximum atomic E-state index is 13.4. The first-order valence-corrected chi connectivity index (χ1v) is 14.9. The lowest BCUT2D eigenvalue weighted by Crippen LogP contribution is -2.27. The molecule has 2 atom stereocenters. The first kappa shape index (κ1) is 27.9. The number of anilines is 1. The number of benzene rings is 3. The van der Waals surface area contributed by atoms with E-state index in [-0.39, 0.29) is 10.6 Å². The molecule has 2 unspecified atom stereocenters. The lowest BCUT2D eigenvalue weighted by atomic mass is 10.1. The van der Waals surface area contributed by atoms with Crippen molar-refractivity contribution in [3.63, 3.8) is 0 Å². The van der Waals surface area contributed by atoms with Crippen LogP contribution in [0.5, 0.6) is 11.5 Å². The van der Waals surface area contributed by atoms with Crippen LogP contribution in [0.3, 0.4) is 0 Å². The van der Waals surface area contributed by atoms with Crippen LogP contribution in [-0.4, -0.2) is 39.6 Å². The van der Waals surface area contributed by atoms with E-state index in [1.165, 1.54) is 6.07 Å². The van der Waals surface area contributed by atoms with Crippen LogP contribution in [0.1, 0.15) is 38.2 Å². The highest BCUT2D eigenvalue weighted by Gasteiger charge is 2.28. The van der Waals surface area contributed by atoms with Gasteiger partial charge in [-0.3, -0.25) is 0 Å². The quantitative estimate of drug-likeness (QED) is 0.169. The van der Waals surface area contributed by atoms with Crippen LogP contribution >= 0.6 is 0 Å². The van der Waals surface area contributed by atoms with Crippen molar-refractivity contribution < 1.29 is 26.8 Å². The van der Waals surface area contributed by atoms with Crippen molar-refractivity contribution >= 4 is 26.7 Å². The molecule has 0 radical (unpaired) electrons. The number of aryl methyl sites for hydroxylation is 1. The van der Waals surface area contributed by atoms with Gasteiger partial charge in [0.05, 0.1) is 17.8 Å². The molecule has 1 N–H and O–H groups in total. The van der Waals surface area contributed by atoms with Crippen LogP contribution in [0.15, 0.2) is 77.7 Å². The Morgan fingerprint density at radius 3 is 2.58 bits per heavy atom. The number of fused-ring (bicyclic) bond motifs is 1. The Morgan fingerprint density at radius 2 is 1.85 bits per heavy atom. The maximum absolute atomic E-state index is 13.4. The number of rotatable bonds is 10. The van der Waals surface area contributed by atoms with E-state index in [2.05, 4.69) is 5.32 Å². The number of hydrogen-bond donors (Lipinski definition) is 1. The van der Waals surface area contributed by atoms with Crippen LogP contribution < -0.4 is 14.8 Å². The Balaban J connectivity index is 1.32. The van der Waals surface area contributed by atoms with Crippen LogP contribution in [0.4, 0.5) is 5.69 Å². The van der Waals surface area contributed by atoms with Gasteiger partial charge in [-0.1, -0.05) is 31.2 Å². The van der Waals surface area contributed by atoms with Crippen molar-refractivity contribution in [3.8, 4) is 22.8 Å².